The molecule has 1 aromatic heterocycles. The summed E-state index contributed by atoms with van der Waals surface area (Å²) in [4.78, 5) is 9.09. The Balaban J connectivity index is 1.33. The quantitative estimate of drug-likeness (QED) is 0.887. The molecule has 7 heteroatoms. The molecule has 2 aromatic rings. The number of para-hydroxylation sites is 1. The van der Waals surface area contributed by atoms with Crippen molar-refractivity contribution in [3.63, 3.8) is 0 Å². The maximum Gasteiger partial charge on any atom is 0.168 e. The van der Waals surface area contributed by atoms with Crippen molar-refractivity contribution in [3.8, 4) is 11.5 Å². The molecule has 2 aliphatic heterocycles. The minimum absolute atomic E-state index is 0.631. The number of hydrogen-bond donors (Lipinski definition) is 1. The largest absolute Gasteiger partial charge is 0.493 e. The van der Waals surface area contributed by atoms with Gasteiger partial charge in [-0.1, -0.05) is 12.1 Å². The number of piperazine rings is 1. The van der Waals surface area contributed by atoms with E-state index in [1.54, 1.807) is 13.4 Å². The molecule has 0 aliphatic carbocycles. The zero-order valence-electron chi connectivity index (χ0n) is 14.4. The molecule has 1 saturated heterocycles. The Labute approximate surface area is 147 Å². The van der Waals surface area contributed by atoms with E-state index in [0.29, 0.717) is 6.61 Å². The Morgan fingerprint density at radius 1 is 1.16 bits per heavy atom. The van der Waals surface area contributed by atoms with Gasteiger partial charge in [0.15, 0.2) is 11.5 Å². The predicted molar refractivity (Wildman–Crippen MR) is 94.6 cm³/mol. The summed E-state index contributed by atoms with van der Waals surface area (Å²) >= 11 is 0. The van der Waals surface area contributed by atoms with Crippen LogP contribution in [0.1, 0.15) is 11.4 Å². The average molecular weight is 341 g/mol. The standard InChI is InChI=1S/C18H23N5O2/c1-24-16-4-2-3-15-9-14(12-25-18(15)16)10-22-5-7-23(8-6-22)11-17-19-13-20-21-17/h2-4,9,13H,5-8,10-12H2,1H3,(H,19,20,21). The van der Waals surface area contributed by atoms with Crippen LogP contribution in [-0.2, 0) is 6.54 Å². The monoisotopic (exact) mass is 341 g/mol. The molecule has 4 rings (SSSR count). The van der Waals surface area contributed by atoms with Crippen molar-refractivity contribution in [2.24, 2.45) is 0 Å². The number of rotatable bonds is 5. The first-order chi connectivity index (χ1) is 12.3. The normalized spacial score (nSPS) is 18.4. The zero-order valence-corrected chi connectivity index (χ0v) is 14.4. The number of benzene rings is 1. The first kappa shape index (κ1) is 16.1. The summed E-state index contributed by atoms with van der Waals surface area (Å²) in [6, 6.07) is 6.01. The fraction of sp³-hybridized carbons (Fsp3) is 0.444. The van der Waals surface area contributed by atoms with Crippen LogP contribution in [0.15, 0.2) is 30.1 Å². The van der Waals surface area contributed by atoms with Crippen LogP contribution in [0, 0.1) is 0 Å². The molecule has 0 radical (unpaired) electrons. The number of aromatic amines is 1. The Morgan fingerprint density at radius 3 is 2.68 bits per heavy atom. The SMILES string of the molecule is COc1cccc2c1OCC(CN1CCN(Cc3ncn[nH]3)CC1)=C2. The number of H-pyrrole nitrogens is 1. The summed E-state index contributed by atoms with van der Waals surface area (Å²) in [5.41, 5.74) is 2.41. The number of methoxy groups -OCH3 is 1. The second-order valence-electron chi connectivity index (χ2n) is 6.45. The van der Waals surface area contributed by atoms with Crippen LogP contribution in [0.4, 0.5) is 0 Å². The molecular weight excluding hydrogens is 318 g/mol. The van der Waals surface area contributed by atoms with Gasteiger partial charge in [0.25, 0.3) is 0 Å². The van der Waals surface area contributed by atoms with Crippen LogP contribution in [0.3, 0.4) is 0 Å². The van der Waals surface area contributed by atoms with E-state index in [1.165, 1.54) is 5.57 Å². The van der Waals surface area contributed by atoms with Gasteiger partial charge in [0.05, 0.1) is 13.7 Å². The van der Waals surface area contributed by atoms with E-state index in [9.17, 15) is 0 Å². The lowest BCUT2D eigenvalue weighted by molar-refractivity contribution is 0.130. The summed E-state index contributed by atoms with van der Waals surface area (Å²) < 4.78 is 11.3. The average Bonchev–Trinajstić information content (AvgIpc) is 3.15. The molecule has 2 aliphatic rings. The summed E-state index contributed by atoms with van der Waals surface area (Å²) in [6.45, 7) is 6.61. The Bertz CT molecular complexity index is 736. The number of hydrogen-bond acceptors (Lipinski definition) is 6. The van der Waals surface area contributed by atoms with Gasteiger partial charge < -0.3 is 9.47 Å². The van der Waals surface area contributed by atoms with Crippen LogP contribution in [-0.4, -0.2) is 71.4 Å². The first-order valence-electron chi connectivity index (χ1n) is 8.60. The third-order valence-electron chi connectivity index (χ3n) is 4.72. The van der Waals surface area contributed by atoms with E-state index in [2.05, 4.69) is 37.1 Å². The van der Waals surface area contributed by atoms with Crippen molar-refractivity contribution >= 4 is 6.08 Å². The lowest BCUT2D eigenvalue weighted by Gasteiger charge is -2.35. The number of ether oxygens (including phenoxy) is 2. The highest BCUT2D eigenvalue weighted by Gasteiger charge is 2.21. The van der Waals surface area contributed by atoms with E-state index in [-0.39, 0.29) is 0 Å². The summed E-state index contributed by atoms with van der Waals surface area (Å²) in [6.07, 6.45) is 3.80. The minimum atomic E-state index is 0.631. The molecule has 1 aromatic carbocycles. The molecule has 132 valence electrons. The van der Waals surface area contributed by atoms with Crippen molar-refractivity contribution in [2.75, 3.05) is 46.4 Å². The molecule has 1 N–H and O–H groups in total. The van der Waals surface area contributed by atoms with Gasteiger partial charge in [0.2, 0.25) is 0 Å². The zero-order chi connectivity index (χ0) is 17.1. The molecule has 3 heterocycles. The van der Waals surface area contributed by atoms with E-state index in [0.717, 1.165) is 62.2 Å². The van der Waals surface area contributed by atoms with Gasteiger partial charge in [-0.05, 0) is 17.7 Å². The number of aromatic nitrogens is 3. The third kappa shape index (κ3) is 3.67. The first-order valence-corrected chi connectivity index (χ1v) is 8.60. The van der Waals surface area contributed by atoms with E-state index in [4.69, 9.17) is 9.47 Å². The minimum Gasteiger partial charge on any atom is -0.493 e. The molecule has 0 unspecified atom stereocenters. The molecule has 25 heavy (non-hydrogen) atoms. The van der Waals surface area contributed by atoms with E-state index >= 15 is 0 Å². The Morgan fingerprint density at radius 2 is 1.96 bits per heavy atom. The topological polar surface area (TPSA) is 66.5 Å². The fourth-order valence-electron chi connectivity index (χ4n) is 3.39. The number of fused-ring (bicyclic) bond motifs is 1. The third-order valence-corrected chi connectivity index (χ3v) is 4.72. The smallest absolute Gasteiger partial charge is 0.168 e. The molecule has 7 nitrogen and oxygen atoms in total. The maximum atomic E-state index is 5.94. The van der Waals surface area contributed by atoms with Crippen molar-refractivity contribution < 1.29 is 9.47 Å². The second kappa shape index (κ2) is 7.25. The summed E-state index contributed by atoms with van der Waals surface area (Å²) in [5.74, 6) is 2.59. The highest BCUT2D eigenvalue weighted by Crippen LogP contribution is 2.35. The lowest BCUT2D eigenvalue weighted by atomic mass is 10.1. The van der Waals surface area contributed by atoms with Crippen molar-refractivity contribution in [3.05, 3.63) is 41.5 Å². The van der Waals surface area contributed by atoms with Crippen LogP contribution in [0.5, 0.6) is 11.5 Å². The highest BCUT2D eigenvalue weighted by atomic mass is 16.5. The van der Waals surface area contributed by atoms with Gasteiger partial charge in [-0.15, -0.1) is 0 Å². The fourth-order valence-corrected chi connectivity index (χ4v) is 3.39. The number of nitrogens with one attached hydrogen (secondary N) is 1. The van der Waals surface area contributed by atoms with Crippen LogP contribution < -0.4 is 9.47 Å². The van der Waals surface area contributed by atoms with E-state index in [1.807, 2.05) is 12.1 Å². The molecule has 0 saturated carbocycles. The molecule has 0 atom stereocenters. The van der Waals surface area contributed by atoms with Crippen molar-refractivity contribution in [1.82, 2.24) is 25.0 Å². The Kier molecular flexibility index (Phi) is 4.67. The van der Waals surface area contributed by atoms with Gasteiger partial charge >= 0.3 is 0 Å². The van der Waals surface area contributed by atoms with Gasteiger partial charge in [0, 0.05) is 38.3 Å². The highest BCUT2D eigenvalue weighted by molar-refractivity contribution is 5.66. The lowest BCUT2D eigenvalue weighted by Crippen LogP contribution is -2.46. The van der Waals surface area contributed by atoms with Gasteiger partial charge in [-0.25, -0.2) is 4.98 Å². The predicted octanol–water partition coefficient (Wildman–Crippen LogP) is 1.41. The van der Waals surface area contributed by atoms with Crippen LogP contribution >= 0.6 is 0 Å². The van der Waals surface area contributed by atoms with Gasteiger partial charge in [0.1, 0.15) is 18.8 Å². The summed E-state index contributed by atoms with van der Waals surface area (Å²) in [7, 11) is 1.68. The molecule has 0 spiro atoms. The van der Waals surface area contributed by atoms with Gasteiger partial charge in [-0.3, -0.25) is 14.9 Å². The van der Waals surface area contributed by atoms with E-state index < -0.39 is 0 Å². The second-order valence-corrected chi connectivity index (χ2v) is 6.45. The summed E-state index contributed by atoms with van der Waals surface area (Å²) in [5, 5.41) is 6.84. The maximum absolute atomic E-state index is 5.94. The molecule has 1 fully saturated rings. The Hall–Kier alpha value is -2.38. The molecular formula is C18H23N5O2. The van der Waals surface area contributed by atoms with Crippen LogP contribution in [0.2, 0.25) is 0 Å². The molecule has 0 amide bonds. The van der Waals surface area contributed by atoms with Crippen molar-refractivity contribution in [1.29, 1.82) is 0 Å². The molecule has 0 bridgehead atoms. The number of nitrogens with zero attached hydrogens (tertiary/aromatic N) is 4. The van der Waals surface area contributed by atoms with Crippen molar-refractivity contribution in [2.45, 2.75) is 6.54 Å². The van der Waals surface area contributed by atoms with Gasteiger partial charge in [-0.2, -0.15) is 5.10 Å². The van der Waals surface area contributed by atoms with Crippen LogP contribution in [0.25, 0.3) is 6.08 Å².